The number of hydrogen-bond donors (Lipinski definition) is 2. The first-order valence-electron chi connectivity index (χ1n) is 7.89. The minimum atomic E-state index is -0.133. The zero-order valence-corrected chi connectivity index (χ0v) is 14.3. The van der Waals surface area contributed by atoms with Crippen molar-refractivity contribution in [1.82, 2.24) is 4.90 Å². The lowest BCUT2D eigenvalue weighted by Gasteiger charge is -2.36. The first kappa shape index (κ1) is 16.5. The Bertz CT molecular complexity index is 743. The van der Waals surface area contributed by atoms with Crippen LogP contribution in [-0.2, 0) is 0 Å². The number of phenolic OH excluding ortho intramolecular Hbond substituents is 1. The molecule has 0 aliphatic carbocycles. The Hall–Kier alpha value is -2.40. The Labute approximate surface area is 146 Å². The summed E-state index contributed by atoms with van der Waals surface area (Å²) in [6.45, 7) is 4.48. The number of nitrogens with zero attached hydrogens (tertiary/aromatic N) is 2. The summed E-state index contributed by atoms with van der Waals surface area (Å²) in [5, 5.41) is 13.5. The van der Waals surface area contributed by atoms with Crippen LogP contribution in [0.4, 0.5) is 16.2 Å². The SMILES string of the molecule is Cc1ccc(NC(=O)N2CCN(c3ccccc3O)CC2)cc1Cl. The van der Waals surface area contributed by atoms with Gasteiger partial charge in [0.1, 0.15) is 5.75 Å². The molecule has 6 heteroatoms. The van der Waals surface area contributed by atoms with E-state index in [4.69, 9.17) is 11.6 Å². The second kappa shape index (κ2) is 7.01. The average Bonchev–Trinajstić information content (AvgIpc) is 2.59. The summed E-state index contributed by atoms with van der Waals surface area (Å²) < 4.78 is 0. The molecule has 0 atom stereocenters. The normalized spacial score (nSPS) is 14.6. The van der Waals surface area contributed by atoms with Crippen molar-refractivity contribution in [3.63, 3.8) is 0 Å². The van der Waals surface area contributed by atoms with Crippen molar-refractivity contribution in [2.24, 2.45) is 0 Å². The highest BCUT2D eigenvalue weighted by molar-refractivity contribution is 6.31. The van der Waals surface area contributed by atoms with Crippen molar-refractivity contribution in [3.05, 3.63) is 53.1 Å². The smallest absolute Gasteiger partial charge is 0.321 e. The summed E-state index contributed by atoms with van der Waals surface area (Å²) >= 11 is 6.09. The van der Waals surface area contributed by atoms with Crippen LogP contribution < -0.4 is 10.2 Å². The fourth-order valence-corrected chi connectivity index (χ4v) is 2.94. The lowest BCUT2D eigenvalue weighted by atomic mass is 10.2. The largest absolute Gasteiger partial charge is 0.506 e. The quantitative estimate of drug-likeness (QED) is 0.872. The van der Waals surface area contributed by atoms with E-state index >= 15 is 0 Å². The number of aromatic hydroxyl groups is 1. The van der Waals surface area contributed by atoms with Gasteiger partial charge in [0.05, 0.1) is 5.69 Å². The van der Waals surface area contributed by atoms with Crippen LogP contribution in [-0.4, -0.2) is 42.2 Å². The topological polar surface area (TPSA) is 55.8 Å². The second-order valence-corrected chi connectivity index (χ2v) is 6.26. The number of aryl methyl sites for hydroxylation is 1. The molecule has 1 saturated heterocycles. The number of urea groups is 1. The van der Waals surface area contributed by atoms with E-state index in [-0.39, 0.29) is 11.8 Å². The lowest BCUT2D eigenvalue weighted by molar-refractivity contribution is 0.208. The summed E-state index contributed by atoms with van der Waals surface area (Å²) in [5.41, 5.74) is 2.48. The van der Waals surface area contributed by atoms with E-state index in [0.717, 1.165) is 11.3 Å². The standard InChI is InChI=1S/C18H20ClN3O2/c1-13-6-7-14(12-15(13)19)20-18(24)22-10-8-21(9-11-22)16-4-2-3-5-17(16)23/h2-7,12,23H,8-11H2,1H3,(H,20,24). The van der Waals surface area contributed by atoms with Gasteiger partial charge in [-0.3, -0.25) is 0 Å². The Morgan fingerprint density at radius 1 is 1.12 bits per heavy atom. The van der Waals surface area contributed by atoms with Crippen LogP contribution in [0.25, 0.3) is 0 Å². The van der Waals surface area contributed by atoms with Crippen molar-refractivity contribution in [1.29, 1.82) is 0 Å². The Morgan fingerprint density at radius 2 is 1.83 bits per heavy atom. The van der Waals surface area contributed by atoms with E-state index in [9.17, 15) is 9.90 Å². The first-order valence-corrected chi connectivity index (χ1v) is 8.27. The van der Waals surface area contributed by atoms with Gasteiger partial charge in [-0.15, -0.1) is 0 Å². The van der Waals surface area contributed by atoms with Crippen LogP contribution in [0.5, 0.6) is 5.75 Å². The van der Waals surface area contributed by atoms with Gasteiger partial charge in [-0.05, 0) is 36.8 Å². The maximum atomic E-state index is 12.4. The van der Waals surface area contributed by atoms with E-state index in [1.165, 1.54) is 0 Å². The fraction of sp³-hybridized carbons (Fsp3) is 0.278. The molecular weight excluding hydrogens is 326 g/mol. The van der Waals surface area contributed by atoms with Crippen LogP contribution in [0.15, 0.2) is 42.5 Å². The van der Waals surface area contributed by atoms with Crippen molar-refractivity contribution in [2.75, 3.05) is 36.4 Å². The number of carbonyl (C=O) groups is 1. The highest BCUT2D eigenvalue weighted by atomic mass is 35.5. The fourth-order valence-electron chi connectivity index (χ4n) is 2.76. The van der Waals surface area contributed by atoms with Crippen LogP contribution in [0.1, 0.15) is 5.56 Å². The number of anilines is 2. The molecule has 2 amide bonds. The molecule has 0 unspecified atom stereocenters. The highest BCUT2D eigenvalue weighted by Crippen LogP contribution is 2.27. The third-order valence-corrected chi connectivity index (χ3v) is 4.62. The minimum Gasteiger partial charge on any atom is -0.506 e. The van der Waals surface area contributed by atoms with Gasteiger partial charge in [-0.2, -0.15) is 0 Å². The molecule has 1 aliphatic rings. The number of phenols is 1. The zero-order chi connectivity index (χ0) is 17.1. The van der Waals surface area contributed by atoms with E-state index in [0.29, 0.717) is 36.9 Å². The van der Waals surface area contributed by atoms with E-state index in [2.05, 4.69) is 10.2 Å². The molecule has 5 nitrogen and oxygen atoms in total. The van der Waals surface area contributed by atoms with Gasteiger partial charge < -0.3 is 20.2 Å². The van der Waals surface area contributed by atoms with Gasteiger partial charge in [-0.25, -0.2) is 4.79 Å². The van der Waals surface area contributed by atoms with Crippen LogP contribution in [0.2, 0.25) is 5.02 Å². The van der Waals surface area contributed by atoms with Gasteiger partial charge in [0.15, 0.2) is 0 Å². The molecule has 2 N–H and O–H groups in total. The molecule has 0 radical (unpaired) electrons. The third-order valence-electron chi connectivity index (χ3n) is 4.21. The molecule has 24 heavy (non-hydrogen) atoms. The molecule has 1 fully saturated rings. The number of rotatable bonds is 2. The minimum absolute atomic E-state index is 0.133. The predicted molar refractivity (Wildman–Crippen MR) is 97.1 cm³/mol. The maximum Gasteiger partial charge on any atom is 0.321 e. The number of amides is 2. The van der Waals surface area contributed by atoms with Crippen LogP contribution >= 0.6 is 11.6 Å². The maximum absolute atomic E-state index is 12.4. The average molecular weight is 346 g/mol. The summed E-state index contributed by atoms with van der Waals surface area (Å²) in [6.07, 6.45) is 0. The molecule has 1 aliphatic heterocycles. The summed E-state index contributed by atoms with van der Waals surface area (Å²) in [5.74, 6) is 0.268. The van der Waals surface area contributed by atoms with Gasteiger partial charge in [0.2, 0.25) is 0 Å². The number of halogens is 1. The van der Waals surface area contributed by atoms with E-state index in [1.54, 1.807) is 23.1 Å². The Balaban J connectivity index is 1.59. The molecule has 1 heterocycles. The number of nitrogens with one attached hydrogen (secondary N) is 1. The monoisotopic (exact) mass is 345 g/mol. The van der Waals surface area contributed by atoms with Gasteiger partial charge in [0, 0.05) is 36.9 Å². The van der Waals surface area contributed by atoms with Crippen molar-refractivity contribution >= 4 is 29.0 Å². The first-order chi connectivity index (χ1) is 11.5. The summed E-state index contributed by atoms with van der Waals surface area (Å²) in [4.78, 5) is 16.2. The number of piperazine rings is 1. The van der Waals surface area contributed by atoms with Crippen LogP contribution in [0, 0.1) is 6.92 Å². The molecule has 0 bridgehead atoms. The van der Waals surface area contributed by atoms with Crippen molar-refractivity contribution in [3.8, 4) is 5.75 Å². The molecule has 0 saturated carbocycles. The Kier molecular flexibility index (Phi) is 4.81. The van der Waals surface area contributed by atoms with E-state index < -0.39 is 0 Å². The van der Waals surface area contributed by atoms with Gasteiger partial charge in [-0.1, -0.05) is 29.8 Å². The summed E-state index contributed by atoms with van der Waals surface area (Å²) in [7, 11) is 0. The number of para-hydroxylation sites is 2. The molecule has 2 aromatic rings. The predicted octanol–water partition coefficient (Wildman–Crippen LogP) is 3.71. The summed E-state index contributed by atoms with van der Waals surface area (Å²) in [6, 6.07) is 12.6. The van der Waals surface area contributed by atoms with Gasteiger partial charge in [0.25, 0.3) is 0 Å². The molecule has 0 aromatic heterocycles. The molecule has 3 rings (SSSR count). The molecular formula is C18H20ClN3O2. The highest BCUT2D eigenvalue weighted by Gasteiger charge is 2.22. The zero-order valence-electron chi connectivity index (χ0n) is 13.5. The van der Waals surface area contributed by atoms with Crippen molar-refractivity contribution in [2.45, 2.75) is 6.92 Å². The Morgan fingerprint density at radius 3 is 2.50 bits per heavy atom. The molecule has 0 spiro atoms. The van der Waals surface area contributed by atoms with Crippen LogP contribution in [0.3, 0.4) is 0 Å². The second-order valence-electron chi connectivity index (χ2n) is 5.86. The van der Waals surface area contributed by atoms with Crippen molar-refractivity contribution < 1.29 is 9.90 Å². The number of benzene rings is 2. The van der Waals surface area contributed by atoms with Gasteiger partial charge >= 0.3 is 6.03 Å². The molecule has 126 valence electrons. The number of hydrogen-bond acceptors (Lipinski definition) is 3. The number of carbonyl (C=O) groups excluding carboxylic acids is 1. The lowest BCUT2D eigenvalue weighted by Crippen LogP contribution is -2.50. The van der Waals surface area contributed by atoms with E-state index in [1.807, 2.05) is 31.2 Å². The molecule has 2 aromatic carbocycles. The third kappa shape index (κ3) is 3.57.